The van der Waals surface area contributed by atoms with Gasteiger partial charge in [0.05, 0.1) is 5.71 Å². The predicted molar refractivity (Wildman–Crippen MR) is 117 cm³/mol. The largest absolute Gasteiger partial charge is 0.351 e. The van der Waals surface area contributed by atoms with Crippen molar-refractivity contribution in [1.82, 2.24) is 9.58 Å². The van der Waals surface area contributed by atoms with Crippen LogP contribution in [0.5, 0.6) is 0 Å². The fraction of sp³-hybridized carbons (Fsp3) is 0.435. The Labute approximate surface area is 172 Å². The van der Waals surface area contributed by atoms with Gasteiger partial charge in [0, 0.05) is 42.3 Å². The molecule has 0 saturated heterocycles. The highest BCUT2D eigenvalue weighted by molar-refractivity contribution is 6.05. The van der Waals surface area contributed by atoms with Crippen molar-refractivity contribution in [3.63, 3.8) is 0 Å². The number of hydrogen-bond acceptors (Lipinski definition) is 3. The van der Waals surface area contributed by atoms with Crippen molar-refractivity contribution in [3.05, 3.63) is 52.3 Å². The first-order valence-electron chi connectivity index (χ1n) is 10.3. The molecular formula is C23H30N4O2. The van der Waals surface area contributed by atoms with Crippen molar-refractivity contribution in [2.75, 3.05) is 12.4 Å². The smallest absolute Gasteiger partial charge is 0.341 e. The van der Waals surface area contributed by atoms with Gasteiger partial charge < -0.3 is 9.88 Å². The van der Waals surface area contributed by atoms with E-state index in [1.54, 1.807) is 31.3 Å². The highest BCUT2D eigenvalue weighted by Gasteiger charge is 2.26. The van der Waals surface area contributed by atoms with Crippen LogP contribution in [0.4, 0.5) is 10.5 Å². The topological polar surface area (TPSA) is 66.7 Å². The third-order valence-electron chi connectivity index (χ3n) is 5.66. The molecule has 0 spiro atoms. The summed E-state index contributed by atoms with van der Waals surface area (Å²) in [7, 11) is 3.82. The van der Waals surface area contributed by atoms with Crippen molar-refractivity contribution >= 4 is 23.2 Å². The third-order valence-corrected chi connectivity index (χ3v) is 5.66. The Kier molecular flexibility index (Phi) is 6.20. The number of amides is 2. The highest BCUT2D eigenvalue weighted by atomic mass is 16.2. The average Bonchev–Trinajstić information content (AvgIpc) is 3.00. The van der Waals surface area contributed by atoms with E-state index in [1.165, 1.54) is 34.4 Å². The van der Waals surface area contributed by atoms with Crippen LogP contribution < -0.4 is 5.32 Å². The molecule has 1 heterocycles. The van der Waals surface area contributed by atoms with Crippen molar-refractivity contribution in [2.24, 2.45) is 12.1 Å². The minimum Gasteiger partial charge on any atom is -0.351 e. The summed E-state index contributed by atoms with van der Waals surface area (Å²) in [6.45, 7) is 5.89. The van der Waals surface area contributed by atoms with Gasteiger partial charge in [-0.25, -0.2) is 9.80 Å². The lowest BCUT2D eigenvalue weighted by molar-refractivity contribution is 0.101. The molecule has 0 aliphatic heterocycles. The molecule has 1 aromatic carbocycles. The number of nitrogens with zero attached hydrogens (tertiary/aromatic N) is 3. The summed E-state index contributed by atoms with van der Waals surface area (Å²) in [4.78, 5) is 24.0. The van der Waals surface area contributed by atoms with E-state index in [4.69, 9.17) is 0 Å². The summed E-state index contributed by atoms with van der Waals surface area (Å²) in [5.41, 5.74) is 7.54. The Balaban J connectivity index is 1.83. The predicted octanol–water partition coefficient (Wildman–Crippen LogP) is 4.56. The fourth-order valence-corrected chi connectivity index (χ4v) is 4.18. The maximum Gasteiger partial charge on any atom is 0.341 e. The number of urea groups is 1. The number of hydrogen-bond donors (Lipinski definition) is 1. The molecular weight excluding hydrogens is 364 g/mol. The molecule has 0 atom stereocenters. The summed E-state index contributed by atoms with van der Waals surface area (Å²) < 4.78 is 2.32. The van der Waals surface area contributed by atoms with Gasteiger partial charge in [0.15, 0.2) is 5.78 Å². The number of carbonyl (C=O) groups excluding carboxylic acids is 2. The summed E-state index contributed by atoms with van der Waals surface area (Å²) in [5, 5.41) is 8.90. The number of aromatic nitrogens is 1. The molecule has 2 aromatic rings. The molecule has 3 rings (SSSR count). The van der Waals surface area contributed by atoms with Gasteiger partial charge >= 0.3 is 6.03 Å². The summed E-state index contributed by atoms with van der Waals surface area (Å²) >= 11 is 0. The van der Waals surface area contributed by atoms with E-state index >= 15 is 0 Å². The number of fused-ring (bicyclic) bond motifs is 1. The molecule has 0 fully saturated rings. The molecule has 2 amide bonds. The number of rotatable bonds is 5. The van der Waals surface area contributed by atoms with Crippen LogP contribution in [0.15, 0.2) is 29.4 Å². The second-order valence-corrected chi connectivity index (χ2v) is 7.50. The molecule has 1 aliphatic carbocycles. The van der Waals surface area contributed by atoms with Gasteiger partial charge in [0.1, 0.15) is 0 Å². The molecule has 0 bridgehead atoms. The second-order valence-electron chi connectivity index (χ2n) is 7.50. The molecule has 0 saturated carbocycles. The van der Waals surface area contributed by atoms with Crippen LogP contribution in [-0.4, -0.2) is 34.1 Å². The van der Waals surface area contributed by atoms with Crippen LogP contribution in [0.3, 0.4) is 0 Å². The Morgan fingerprint density at radius 2 is 1.83 bits per heavy atom. The quantitative estimate of drug-likeness (QED) is 0.597. The maximum absolute atomic E-state index is 12.6. The van der Waals surface area contributed by atoms with Crippen molar-refractivity contribution in [3.8, 4) is 0 Å². The highest BCUT2D eigenvalue weighted by Crippen LogP contribution is 2.31. The lowest BCUT2D eigenvalue weighted by Crippen LogP contribution is -2.29. The van der Waals surface area contributed by atoms with Crippen LogP contribution in [0.25, 0.3) is 0 Å². The number of benzene rings is 1. The Bertz CT molecular complexity index is 954. The van der Waals surface area contributed by atoms with Gasteiger partial charge in [0.2, 0.25) is 0 Å². The zero-order valence-electron chi connectivity index (χ0n) is 18.0. The second kappa shape index (κ2) is 8.64. The minimum atomic E-state index is -0.301. The van der Waals surface area contributed by atoms with Crippen LogP contribution in [-0.2, 0) is 26.3 Å². The fourth-order valence-electron chi connectivity index (χ4n) is 4.18. The van der Waals surface area contributed by atoms with Gasteiger partial charge in [0.25, 0.3) is 0 Å². The molecule has 29 heavy (non-hydrogen) atoms. The standard InChI is InChI=1S/C23H30N4O2/c1-6-18-20(7-2)26(4)21-10-8-9-19(22(18)21)25-27(5)23(29)24-17-13-11-16(12-14-17)15(3)28/h11-14H,6-10H2,1-5H3,(H,24,29)/b25-19+. The van der Waals surface area contributed by atoms with Crippen LogP contribution >= 0.6 is 0 Å². The molecule has 154 valence electrons. The van der Waals surface area contributed by atoms with E-state index in [1.807, 2.05) is 0 Å². The maximum atomic E-state index is 12.6. The van der Waals surface area contributed by atoms with Gasteiger partial charge in [-0.2, -0.15) is 5.10 Å². The van der Waals surface area contributed by atoms with Gasteiger partial charge in [-0.3, -0.25) is 4.79 Å². The monoisotopic (exact) mass is 394 g/mol. The molecule has 1 N–H and O–H groups in total. The Hall–Kier alpha value is -2.89. The van der Waals surface area contributed by atoms with E-state index in [0.717, 1.165) is 37.8 Å². The van der Waals surface area contributed by atoms with Crippen LogP contribution in [0.2, 0.25) is 0 Å². The van der Waals surface area contributed by atoms with E-state index in [2.05, 4.69) is 35.9 Å². The molecule has 0 unspecified atom stereocenters. The first-order chi connectivity index (χ1) is 13.9. The van der Waals surface area contributed by atoms with Crippen molar-refractivity contribution in [1.29, 1.82) is 0 Å². The summed E-state index contributed by atoms with van der Waals surface area (Å²) in [6.07, 6.45) is 4.92. The zero-order valence-corrected chi connectivity index (χ0v) is 18.0. The van der Waals surface area contributed by atoms with Crippen molar-refractivity contribution in [2.45, 2.75) is 52.9 Å². The summed E-state index contributed by atoms with van der Waals surface area (Å²) in [5.74, 6) is 0.000496. The number of anilines is 1. The lowest BCUT2D eigenvalue weighted by atomic mass is 9.91. The molecule has 1 aromatic heterocycles. The van der Waals surface area contributed by atoms with Crippen LogP contribution in [0.1, 0.15) is 66.5 Å². The summed E-state index contributed by atoms with van der Waals surface area (Å²) in [6, 6.07) is 6.58. The first-order valence-corrected chi connectivity index (χ1v) is 10.3. The number of carbonyl (C=O) groups is 2. The van der Waals surface area contributed by atoms with Gasteiger partial charge in [-0.05, 0) is 68.9 Å². The van der Waals surface area contributed by atoms with E-state index < -0.39 is 0 Å². The molecule has 6 nitrogen and oxygen atoms in total. The molecule has 6 heteroatoms. The van der Waals surface area contributed by atoms with Crippen molar-refractivity contribution < 1.29 is 9.59 Å². The number of ketones is 1. The minimum absolute atomic E-state index is 0.000496. The average molecular weight is 395 g/mol. The van der Waals surface area contributed by atoms with Gasteiger partial charge in [-0.1, -0.05) is 13.8 Å². The van der Waals surface area contributed by atoms with E-state index in [0.29, 0.717) is 11.3 Å². The third kappa shape index (κ3) is 4.11. The van der Waals surface area contributed by atoms with Crippen LogP contribution in [0, 0.1) is 0 Å². The lowest BCUT2D eigenvalue weighted by Gasteiger charge is -2.20. The number of Topliss-reactive ketones (excluding diaryl/α,β-unsaturated/α-hetero) is 1. The SMILES string of the molecule is CCc1c2c(n(C)c1CC)CCC/C2=N\N(C)C(=O)Nc1ccc(C(C)=O)cc1. The van der Waals surface area contributed by atoms with E-state index in [9.17, 15) is 9.59 Å². The number of nitrogens with one attached hydrogen (secondary N) is 1. The zero-order chi connectivity index (χ0) is 21.1. The Morgan fingerprint density at radius 1 is 1.14 bits per heavy atom. The Morgan fingerprint density at radius 3 is 2.41 bits per heavy atom. The van der Waals surface area contributed by atoms with Gasteiger partial charge in [-0.15, -0.1) is 0 Å². The number of hydrazone groups is 1. The molecule has 1 aliphatic rings. The first kappa shape index (κ1) is 20.8. The normalized spacial score (nSPS) is 14.6. The molecule has 0 radical (unpaired) electrons. The van der Waals surface area contributed by atoms with E-state index in [-0.39, 0.29) is 11.8 Å².